The normalized spacial score (nSPS) is 13.1. The van der Waals surface area contributed by atoms with Crippen molar-refractivity contribution in [1.29, 1.82) is 0 Å². The van der Waals surface area contributed by atoms with Crippen LogP contribution >= 0.6 is 12.4 Å². The molecule has 0 spiro atoms. The van der Waals surface area contributed by atoms with Gasteiger partial charge in [0.25, 0.3) is 0 Å². The molecule has 0 aliphatic rings. The number of benzene rings is 2. The lowest BCUT2D eigenvalue weighted by Gasteiger charge is -2.25. The molecule has 0 aliphatic heterocycles. The van der Waals surface area contributed by atoms with Crippen LogP contribution in [0.25, 0.3) is 11.3 Å². The third kappa shape index (κ3) is 8.29. The third-order valence-electron chi connectivity index (χ3n) is 5.55. The Hall–Kier alpha value is -2.93. The minimum atomic E-state index is -5.01. The molecule has 3 rings (SSSR count). The number of anilines is 1. The van der Waals surface area contributed by atoms with E-state index in [0.717, 1.165) is 30.7 Å². The van der Waals surface area contributed by atoms with E-state index in [2.05, 4.69) is 10.2 Å². The van der Waals surface area contributed by atoms with Gasteiger partial charge in [-0.25, -0.2) is 8.42 Å². The molecular formula is C24H26ClF6N3O3S. The number of hydrogen-bond donors (Lipinski definition) is 1. The van der Waals surface area contributed by atoms with Crippen LogP contribution in [0.2, 0.25) is 0 Å². The summed E-state index contributed by atoms with van der Waals surface area (Å²) < 4.78 is 110. The smallest absolute Gasteiger partial charge is 0.416 e. The second kappa shape index (κ2) is 12.3. The molecule has 0 fully saturated rings. The molecule has 0 bridgehead atoms. The topological polar surface area (TPSA) is 75.3 Å². The van der Waals surface area contributed by atoms with Crippen LogP contribution < -0.4 is 9.04 Å². The molecule has 3 aromatic rings. The van der Waals surface area contributed by atoms with Crippen molar-refractivity contribution >= 4 is 28.1 Å². The first-order valence-electron chi connectivity index (χ1n) is 11.2. The number of ether oxygens (including phenoxy) is 1. The summed E-state index contributed by atoms with van der Waals surface area (Å²) in [7, 11) is -4.92. The number of alkyl halides is 6. The Morgan fingerprint density at radius 3 is 2.29 bits per heavy atom. The SMILES string of the molecule is CCC(C)COc1cccc(N(Cc2cn[nH]c2-c2ccc(C(F)(F)F)cc2)S(=O)(=O)CC(F)(F)F)c1.Cl. The molecule has 1 N–H and O–H groups in total. The van der Waals surface area contributed by atoms with E-state index in [1.807, 2.05) is 13.8 Å². The lowest BCUT2D eigenvalue weighted by Crippen LogP contribution is -2.37. The molecule has 210 valence electrons. The molecule has 0 radical (unpaired) electrons. The zero-order valence-corrected chi connectivity index (χ0v) is 21.9. The first-order valence-corrected chi connectivity index (χ1v) is 12.8. The summed E-state index contributed by atoms with van der Waals surface area (Å²) in [5.41, 5.74) is -0.368. The monoisotopic (exact) mass is 585 g/mol. The summed E-state index contributed by atoms with van der Waals surface area (Å²) in [5.74, 6) is -1.63. The maximum Gasteiger partial charge on any atom is 0.416 e. The van der Waals surface area contributed by atoms with Gasteiger partial charge in [0.1, 0.15) is 5.75 Å². The molecule has 0 saturated carbocycles. The number of aromatic nitrogens is 2. The van der Waals surface area contributed by atoms with Crippen LogP contribution in [-0.4, -0.2) is 37.2 Å². The molecule has 1 atom stereocenters. The fourth-order valence-electron chi connectivity index (χ4n) is 3.38. The summed E-state index contributed by atoms with van der Waals surface area (Å²) in [4.78, 5) is 0. The summed E-state index contributed by atoms with van der Waals surface area (Å²) >= 11 is 0. The van der Waals surface area contributed by atoms with E-state index < -0.39 is 40.2 Å². The van der Waals surface area contributed by atoms with Crippen molar-refractivity contribution < 1.29 is 39.5 Å². The van der Waals surface area contributed by atoms with Crippen LogP contribution in [0.3, 0.4) is 0 Å². The Morgan fingerprint density at radius 1 is 1.05 bits per heavy atom. The van der Waals surface area contributed by atoms with Crippen molar-refractivity contribution in [1.82, 2.24) is 10.2 Å². The van der Waals surface area contributed by atoms with Crippen molar-refractivity contribution in [2.75, 3.05) is 16.7 Å². The molecule has 0 saturated heterocycles. The van der Waals surface area contributed by atoms with E-state index in [4.69, 9.17) is 4.74 Å². The zero-order chi connectivity index (χ0) is 27.4. The number of nitrogens with zero attached hydrogens (tertiary/aromatic N) is 2. The highest BCUT2D eigenvalue weighted by molar-refractivity contribution is 7.92. The molecule has 1 unspecified atom stereocenters. The van der Waals surface area contributed by atoms with Gasteiger partial charge in [-0.2, -0.15) is 31.4 Å². The highest BCUT2D eigenvalue weighted by Crippen LogP contribution is 2.33. The molecule has 1 aromatic heterocycles. The average Bonchev–Trinajstić information content (AvgIpc) is 3.27. The van der Waals surface area contributed by atoms with Crippen LogP contribution in [0.1, 0.15) is 31.4 Å². The summed E-state index contributed by atoms with van der Waals surface area (Å²) in [6.07, 6.45) is -7.51. The Labute approximate surface area is 222 Å². The maximum atomic E-state index is 13.2. The van der Waals surface area contributed by atoms with E-state index in [1.54, 1.807) is 6.07 Å². The van der Waals surface area contributed by atoms with Crippen LogP contribution in [-0.2, 0) is 22.7 Å². The molecule has 0 aliphatic carbocycles. The average molecular weight is 586 g/mol. The Balaban J connectivity index is 0.00000507. The first kappa shape index (κ1) is 31.3. The quantitative estimate of drug-likeness (QED) is 0.264. The van der Waals surface area contributed by atoms with Gasteiger partial charge in [0.05, 0.1) is 36.3 Å². The van der Waals surface area contributed by atoms with Gasteiger partial charge in [-0.05, 0) is 35.7 Å². The van der Waals surface area contributed by atoms with E-state index in [0.29, 0.717) is 10.9 Å². The highest BCUT2D eigenvalue weighted by Gasteiger charge is 2.39. The number of hydrogen-bond acceptors (Lipinski definition) is 4. The van der Waals surface area contributed by atoms with E-state index >= 15 is 0 Å². The summed E-state index contributed by atoms with van der Waals surface area (Å²) in [6, 6.07) is 9.70. The molecule has 14 heteroatoms. The first-order chi connectivity index (χ1) is 17.2. The third-order valence-corrected chi connectivity index (χ3v) is 7.26. The van der Waals surface area contributed by atoms with Gasteiger partial charge in [0, 0.05) is 11.6 Å². The molecule has 0 amide bonds. The Morgan fingerprint density at radius 2 is 1.71 bits per heavy atom. The second-order valence-corrected chi connectivity index (χ2v) is 10.4. The van der Waals surface area contributed by atoms with Crippen molar-refractivity contribution in [3.05, 3.63) is 65.9 Å². The fraction of sp³-hybridized carbons (Fsp3) is 0.375. The molecular weight excluding hydrogens is 560 g/mol. The zero-order valence-electron chi connectivity index (χ0n) is 20.3. The van der Waals surface area contributed by atoms with E-state index in [1.165, 1.54) is 24.4 Å². The van der Waals surface area contributed by atoms with Crippen LogP contribution in [0.5, 0.6) is 5.75 Å². The molecule has 1 heterocycles. The van der Waals surface area contributed by atoms with Gasteiger partial charge in [0.15, 0.2) is 5.75 Å². The molecule has 2 aromatic carbocycles. The standard InChI is InChI=1S/C24H25F6N3O3S.ClH/c1-3-16(2)14-36-21-6-4-5-20(11-21)33(37(34,35)15-23(25,26)27)13-18-12-31-32-22(18)17-7-9-19(10-8-17)24(28,29)30;/h4-12,16H,3,13-15H2,1-2H3,(H,31,32);1H. The number of halogens is 7. The number of nitrogens with one attached hydrogen (secondary N) is 1. The van der Waals surface area contributed by atoms with Crippen LogP contribution in [0, 0.1) is 5.92 Å². The predicted molar refractivity (Wildman–Crippen MR) is 134 cm³/mol. The fourth-order valence-corrected chi connectivity index (χ4v) is 4.72. The Bertz CT molecular complexity index is 1290. The van der Waals surface area contributed by atoms with Gasteiger partial charge in [-0.3, -0.25) is 9.40 Å². The lowest BCUT2D eigenvalue weighted by atomic mass is 10.1. The molecule has 38 heavy (non-hydrogen) atoms. The van der Waals surface area contributed by atoms with Gasteiger partial charge in [-0.15, -0.1) is 12.4 Å². The highest BCUT2D eigenvalue weighted by atomic mass is 35.5. The van der Waals surface area contributed by atoms with Gasteiger partial charge in [-0.1, -0.05) is 38.5 Å². The number of aromatic amines is 1. The van der Waals surface area contributed by atoms with Crippen molar-refractivity contribution in [3.63, 3.8) is 0 Å². The van der Waals surface area contributed by atoms with Crippen molar-refractivity contribution in [3.8, 4) is 17.0 Å². The summed E-state index contributed by atoms with van der Waals surface area (Å²) in [5, 5.41) is 6.42. The molecule has 6 nitrogen and oxygen atoms in total. The van der Waals surface area contributed by atoms with Crippen molar-refractivity contribution in [2.45, 2.75) is 39.2 Å². The van der Waals surface area contributed by atoms with Gasteiger partial charge in [0.2, 0.25) is 10.0 Å². The van der Waals surface area contributed by atoms with Crippen molar-refractivity contribution in [2.24, 2.45) is 5.92 Å². The van der Waals surface area contributed by atoms with E-state index in [9.17, 15) is 34.8 Å². The minimum Gasteiger partial charge on any atom is -0.493 e. The van der Waals surface area contributed by atoms with Crippen LogP contribution in [0.4, 0.5) is 32.0 Å². The van der Waals surface area contributed by atoms with Crippen LogP contribution in [0.15, 0.2) is 54.7 Å². The Kier molecular flexibility index (Phi) is 10.1. The van der Waals surface area contributed by atoms with E-state index in [-0.39, 0.29) is 46.6 Å². The predicted octanol–water partition coefficient (Wildman–Crippen LogP) is 6.84. The number of H-pyrrole nitrogens is 1. The maximum absolute atomic E-state index is 13.2. The lowest BCUT2D eigenvalue weighted by molar-refractivity contribution is -0.137. The minimum absolute atomic E-state index is 0. The largest absolute Gasteiger partial charge is 0.493 e. The van der Waals surface area contributed by atoms with Gasteiger partial charge >= 0.3 is 12.4 Å². The number of sulfonamides is 1. The summed E-state index contributed by atoms with van der Waals surface area (Å²) in [6.45, 7) is 3.69. The van der Waals surface area contributed by atoms with Gasteiger partial charge < -0.3 is 4.74 Å². The number of rotatable bonds is 10. The second-order valence-electron chi connectivity index (χ2n) is 8.55.